The van der Waals surface area contributed by atoms with Gasteiger partial charge >= 0.3 is 12.1 Å². The normalized spacial score (nSPS) is 16.7. The van der Waals surface area contributed by atoms with Crippen LogP contribution in [0, 0.1) is 0 Å². The van der Waals surface area contributed by atoms with Gasteiger partial charge in [0.25, 0.3) is 0 Å². The van der Waals surface area contributed by atoms with E-state index in [0.29, 0.717) is 24.5 Å². The smallest absolute Gasteiger partial charge is 0.411 e. The van der Waals surface area contributed by atoms with Gasteiger partial charge in [0.15, 0.2) is 0 Å². The van der Waals surface area contributed by atoms with Gasteiger partial charge in [0.1, 0.15) is 0 Å². The number of likely N-dealkylation sites (N-methyl/N-ethyl adjacent to an activating group) is 1. The number of amides is 3. The third-order valence-electron chi connectivity index (χ3n) is 3.66. The van der Waals surface area contributed by atoms with Crippen LogP contribution in [0.5, 0.6) is 0 Å². The molecule has 0 spiro atoms. The van der Waals surface area contributed by atoms with Crippen LogP contribution in [0.4, 0.5) is 21.0 Å². The average Bonchev–Trinajstić information content (AvgIpc) is 3.05. The molecule has 1 aliphatic rings. The fourth-order valence-electron chi connectivity index (χ4n) is 2.44. The summed E-state index contributed by atoms with van der Waals surface area (Å²) in [5, 5.41) is 5.40. The van der Waals surface area contributed by atoms with E-state index in [0.717, 1.165) is 19.4 Å². The minimum absolute atomic E-state index is 0.119. The minimum Gasteiger partial charge on any atom is -0.453 e. The number of hydrogen-bond donors (Lipinski definition) is 2. The summed E-state index contributed by atoms with van der Waals surface area (Å²) in [7, 11) is 1.30. The van der Waals surface area contributed by atoms with Crippen molar-refractivity contribution in [2.24, 2.45) is 0 Å². The van der Waals surface area contributed by atoms with Crippen molar-refractivity contribution < 1.29 is 19.1 Å². The molecule has 3 amide bonds. The van der Waals surface area contributed by atoms with Gasteiger partial charge in [-0.05, 0) is 38.0 Å². The molecule has 0 saturated carbocycles. The molecule has 1 saturated heterocycles. The number of anilines is 2. The van der Waals surface area contributed by atoms with Crippen molar-refractivity contribution >= 4 is 23.5 Å². The van der Waals surface area contributed by atoms with Crippen LogP contribution in [0.2, 0.25) is 0 Å². The zero-order chi connectivity index (χ0) is 16.7. The number of carbonyl (C=O) groups excluding carboxylic acids is 2. The molecule has 0 radical (unpaired) electrons. The summed E-state index contributed by atoms with van der Waals surface area (Å²) in [6.07, 6.45) is 1.60. The topological polar surface area (TPSA) is 79.9 Å². The number of carbonyl (C=O) groups is 2. The number of nitrogens with zero attached hydrogens (tertiary/aromatic N) is 1. The number of rotatable bonds is 5. The molecule has 1 aromatic rings. The van der Waals surface area contributed by atoms with Crippen LogP contribution in [0.3, 0.4) is 0 Å². The van der Waals surface area contributed by atoms with Crippen LogP contribution < -0.4 is 10.6 Å². The van der Waals surface area contributed by atoms with E-state index >= 15 is 0 Å². The number of benzene rings is 1. The van der Waals surface area contributed by atoms with E-state index in [1.54, 1.807) is 29.2 Å². The fraction of sp³-hybridized carbons (Fsp3) is 0.500. The first-order valence-corrected chi connectivity index (χ1v) is 7.75. The highest BCUT2D eigenvalue weighted by molar-refractivity contribution is 5.91. The highest BCUT2D eigenvalue weighted by Crippen LogP contribution is 2.17. The van der Waals surface area contributed by atoms with Crippen molar-refractivity contribution in [3.05, 3.63) is 24.3 Å². The SMILES string of the molecule is CCN(C[C@@H]1CCCO1)C(=O)Nc1cccc(NC(=O)OC)c1. The van der Waals surface area contributed by atoms with Gasteiger partial charge in [0, 0.05) is 31.1 Å². The monoisotopic (exact) mass is 321 g/mol. The molecule has 2 N–H and O–H groups in total. The zero-order valence-corrected chi connectivity index (χ0v) is 13.5. The molecule has 1 heterocycles. The van der Waals surface area contributed by atoms with Gasteiger partial charge < -0.3 is 19.7 Å². The summed E-state index contributed by atoms with van der Waals surface area (Å²) < 4.78 is 10.1. The Morgan fingerprint density at radius 1 is 1.35 bits per heavy atom. The van der Waals surface area contributed by atoms with Gasteiger partial charge in [-0.25, -0.2) is 9.59 Å². The first-order chi connectivity index (χ1) is 11.1. The fourth-order valence-corrected chi connectivity index (χ4v) is 2.44. The second-order valence-corrected chi connectivity index (χ2v) is 5.30. The molecule has 1 atom stereocenters. The van der Waals surface area contributed by atoms with Gasteiger partial charge in [0.05, 0.1) is 13.2 Å². The van der Waals surface area contributed by atoms with Gasteiger partial charge in [0.2, 0.25) is 0 Å². The Hall–Kier alpha value is -2.28. The van der Waals surface area contributed by atoms with Gasteiger partial charge in [-0.3, -0.25) is 5.32 Å². The van der Waals surface area contributed by atoms with Crippen molar-refractivity contribution in [1.82, 2.24) is 4.90 Å². The van der Waals surface area contributed by atoms with E-state index in [1.165, 1.54) is 7.11 Å². The average molecular weight is 321 g/mol. The van der Waals surface area contributed by atoms with Crippen LogP contribution >= 0.6 is 0 Å². The van der Waals surface area contributed by atoms with E-state index in [1.807, 2.05) is 6.92 Å². The van der Waals surface area contributed by atoms with Crippen molar-refractivity contribution in [3.8, 4) is 0 Å². The Balaban J connectivity index is 1.94. The van der Waals surface area contributed by atoms with Crippen LogP contribution in [-0.2, 0) is 9.47 Å². The largest absolute Gasteiger partial charge is 0.453 e. The second kappa shape index (κ2) is 8.38. The third kappa shape index (κ3) is 5.14. The van der Waals surface area contributed by atoms with E-state index < -0.39 is 6.09 Å². The number of ether oxygens (including phenoxy) is 2. The van der Waals surface area contributed by atoms with Crippen LogP contribution in [0.25, 0.3) is 0 Å². The number of hydrogen-bond acceptors (Lipinski definition) is 4. The van der Waals surface area contributed by atoms with Crippen LogP contribution in [-0.4, -0.2) is 49.9 Å². The summed E-state index contributed by atoms with van der Waals surface area (Å²) in [5.74, 6) is 0. The first kappa shape index (κ1) is 17.1. The number of urea groups is 1. The van der Waals surface area contributed by atoms with E-state index in [9.17, 15) is 9.59 Å². The maximum Gasteiger partial charge on any atom is 0.411 e. The Labute approximate surface area is 135 Å². The van der Waals surface area contributed by atoms with Gasteiger partial charge in [-0.2, -0.15) is 0 Å². The molecule has 0 bridgehead atoms. The summed E-state index contributed by atoms with van der Waals surface area (Å²) in [5.41, 5.74) is 1.16. The Bertz CT molecular complexity index is 544. The van der Waals surface area contributed by atoms with Crippen molar-refractivity contribution in [3.63, 3.8) is 0 Å². The van der Waals surface area contributed by atoms with Crippen molar-refractivity contribution in [2.45, 2.75) is 25.9 Å². The first-order valence-electron chi connectivity index (χ1n) is 7.75. The highest BCUT2D eigenvalue weighted by atomic mass is 16.5. The summed E-state index contributed by atoms with van der Waals surface area (Å²) in [4.78, 5) is 25.3. The lowest BCUT2D eigenvalue weighted by Crippen LogP contribution is -2.39. The van der Waals surface area contributed by atoms with Crippen LogP contribution in [0.1, 0.15) is 19.8 Å². The van der Waals surface area contributed by atoms with E-state index in [2.05, 4.69) is 15.4 Å². The molecule has 7 nitrogen and oxygen atoms in total. The number of nitrogens with one attached hydrogen (secondary N) is 2. The zero-order valence-electron chi connectivity index (χ0n) is 13.5. The van der Waals surface area contributed by atoms with Crippen molar-refractivity contribution in [1.29, 1.82) is 0 Å². The Kier molecular flexibility index (Phi) is 6.22. The highest BCUT2D eigenvalue weighted by Gasteiger charge is 2.21. The standard InChI is InChI=1S/C16H23N3O4/c1-3-19(11-14-8-5-9-23-14)15(20)17-12-6-4-7-13(10-12)18-16(21)22-2/h4,6-7,10,14H,3,5,8-9,11H2,1-2H3,(H,17,20)(H,18,21)/t14-/m0/s1. The lowest BCUT2D eigenvalue weighted by Gasteiger charge is -2.24. The molecule has 1 aromatic carbocycles. The molecule has 0 unspecified atom stereocenters. The molecule has 23 heavy (non-hydrogen) atoms. The maximum atomic E-state index is 12.4. The maximum absolute atomic E-state index is 12.4. The summed E-state index contributed by atoms with van der Waals surface area (Å²) in [6, 6.07) is 6.72. The van der Waals surface area contributed by atoms with Gasteiger partial charge in [-0.15, -0.1) is 0 Å². The predicted molar refractivity (Wildman–Crippen MR) is 87.7 cm³/mol. The molecule has 0 aliphatic carbocycles. The van der Waals surface area contributed by atoms with Crippen molar-refractivity contribution in [2.75, 3.05) is 37.4 Å². The lowest BCUT2D eigenvalue weighted by molar-refractivity contribution is 0.0849. The molecule has 1 fully saturated rings. The van der Waals surface area contributed by atoms with Gasteiger partial charge in [-0.1, -0.05) is 6.07 Å². The molecular formula is C16H23N3O4. The molecule has 2 rings (SSSR count). The molecule has 7 heteroatoms. The molecule has 0 aromatic heterocycles. The van der Waals surface area contributed by atoms with E-state index in [-0.39, 0.29) is 12.1 Å². The molecule has 126 valence electrons. The Morgan fingerprint density at radius 3 is 2.70 bits per heavy atom. The Morgan fingerprint density at radius 2 is 2.09 bits per heavy atom. The van der Waals surface area contributed by atoms with Crippen LogP contribution in [0.15, 0.2) is 24.3 Å². The molecular weight excluding hydrogens is 298 g/mol. The third-order valence-corrected chi connectivity index (χ3v) is 3.66. The molecule has 1 aliphatic heterocycles. The van der Waals surface area contributed by atoms with E-state index in [4.69, 9.17) is 4.74 Å². The summed E-state index contributed by atoms with van der Waals surface area (Å²) in [6.45, 7) is 3.89. The number of methoxy groups -OCH3 is 1. The predicted octanol–water partition coefficient (Wildman–Crippen LogP) is 2.90. The summed E-state index contributed by atoms with van der Waals surface area (Å²) >= 11 is 0. The lowest BCUT2D eigenvalue weighted by atomic mass is 10.2. The quantitative estimate of drug-likeness (QED) is 0.874. The second-order valence-electron chi connectivity index (χ2n) is 5.30. The minimum atomic E-state index is -0.554.